The second-order valence-electron chi connectivity index (χ2n) is 7.22. The summed E-state index contributed by atoms with van der Waals surface area (Å²) in [6.07, 6.45) is 0. The Balaban J connectivity index is 1.79. The summed E-state index contributed by atoms with van der Waals surface area (Å²) >= 11 is 3.63. The van der Waals surface area contributed by atoms with E-state index in [9.17, 15) is 0 Å². The third kappa shape index (κ3) is 2.12. The first-order valence-corrected chi connectivity index (χ1v) is 10.1. The van der Waals surface area contributed by atoms with Gasteiger partial charge in [-0.25, -0.2) is 4.98 Å². The molecule has 0 radical (unpaired) electrons. The first-order chi connectivity index (χ1) is 13.7. The summed E-state index contributed by atoms with van der Waals surface area (Å²) in [7, 11) is 0. The average molecular weight is 426 g/mol. The van der Waals surface area contributed by atoms with Crippen LogP contribution in [0.2, 0.25) is 0 Å². The van der Waals surface area contributed by atoms with E-state index in [1.807, 2.05) is 0 Å². The van der Waals surface area contributed by atoms with Crippen LogP contribution in [0.4, 0.5) is 0 Å². The Kier molecular flexibility index (Phi) is 3.23. The molecule has 6 aromatic rings. The van der Waals surface area contributed by atoms with Gasteiger partial charge in [0.15, 0.2) is 0 Å². The zero-order valence-corrected chi connectivity index (χ0v) is 16.8. The molecule has 3 nitrogen and oxygen atoms in total. The predicted molar refractivity (Wildman–Crippen MR) is 121 cm³/mol. The lowest BCUT2D eigenvalue weighted by Crippen LogP contribution is -1.82. The van der Waals surface area contributed by atoms with Crippen LogP contribution >= 0.6 is 15.9 Å². The van der Waals surface area contributed by atoms with Gasteiger partial charge in [-0.15, -0.1) is 0 Å². The highest BCUT2D eigenvalue weighted by Crippen LogP contribution is 2.38. The number of H-pyrrole nitrogens is 2. The van der Waals surface area contributed by atoms with Crippen LogP contribution in [0, 0.1) is 6.92 Å². The third-order valence-electron chi connectivity index (χ3n) is 5.56. The molecule has 0 amide bonds. The van der Waals surface area contributed by atoms with Crippen molar-refractivity contribution in [3.63, 3.8) is 0 Å². The molecule has 0 bridgehead atoms. The molecule has 4 aromatic carbocycles. The Morgan fingerprint density at radius 2 is 1.50 bits per heavy atom. The molecule has 0 aliphatic rings. The Labute approximate surface area is 169 Å². The predicted octanol–water partition coefficient (Wildman–Crippen LogP) is 7.09. The zero-order chi connectivity index (χ0) is 18.8. The van der Waals surface area contributed by atoms with E-state index in [1.54, 1.807) is 0 Å². The summed E-state index contributed by atoms with van der Waals surface area (Å²) in [5.74, 6) is 0.908. The molecule has 0 fully saturated rings. The van der Waals surface area contributed by atoms with Gasteiger partial charge in [0.1, 0.15) is 5.82 Å². The number of fused-ring (bicyclic) bond motifs is 7. The second kappa shape index (κ2) is 5.69. The van der Waals surface area contributed by atoms with Crippen LogP contribution in [-0.2, 0) is 0 Å². The maximum absolute atomic E-state index is 5.08. The summed E-state index contributed by atoms with van der Waals surface area (Å²) in [4.78, 5) is 12.2. The molecule has 134 valence electrons. The number of para-hydroxylation sites is 1. The summed E-state index contributed by atoms with van der Waals surface area (Å²) in [5.41, 5.74) is 5.50. The van der Waals surface area contributed by atoms with E-state index in [4.69, 9.17) is 4.98 Å². The number of nitrogens with zero attached hydrogens (tertiary/aromatic N) is 1. The molecule has 0 unspecified atom stereocenters. The van der Waals surface area contributed by atoms with Gasteiger partial charge in [-0.05, 0) is 35.9 Å². The smallest absolute Gasteiger partial charge is 0.140 e. The number of nitrogens with one attached hydrogen (secondary N) is 2. The van der Waals surface area contributed by atoms with Gasteiger partial charge in [-0.3, -0.25) is 0 Å². The Morgan fingerprint density at radius 3 is 2.36 bits per heavy atom. The Morgan fingerprint density at radius 1 is 0.750 bits per heavy atom. The minimum absolute atomic E-state index is 0.908. The highest BCUT2D eigenvalue weighted by molar-refractivity contribution is 9.10. The number of aryl methyl sites for hydroxylation is 1. The summed E-state index contributed by atoms with van der Waals surface area (Å²) < 4.78 is 1.08. The minimum Gasteiger partial charge on any atom is -0.358 e. The van der Waals surface area contributed by atoms with E-state index in [-0.39, 0.29) is 0 Å². The van der Waals surface area contributed by atoms with Crippen molar-refractivity contribution in [3.8, 4) is 11.4 Å². The largest absolute Gasteiger partial charge is 0.358 e. The minimum atomic E-state index is 0.908. The van der Waals surface area contributed by atoms with Crippen molar-refractivity contribution in [3.05, 3.63) is 76.9 Å². The van der Waals surface area contributed by atoms with Crippen LogP contribution in [0.5, 0.6) is 0 Å². The molecule has 2 N–H and O–H groups in total. The maximum atomic E-state index is 5.08. The van der Waals surface area contributed by atoms with Crippen LogP contribution in [0.3, 0.4) is 0 Å². The number of benzene rings is 4. The number of aromatic amines is 2. The summed E-state index contributed by atoms with van der Waals surface area (Å²) in [5, 5.41) is 6.00. The highest BCUT2D eigenvalue weighted by Gasteiger charge is 2.17. The third-order valence-corrected chi connectivity index (χ3v) is 6.05. The quantitative estimate of drug-likeness (QED) is 0.271. The van der Waals surface area contributed by atoms with Crippen molar-refractivity contribution < 1.29 is 0 Å². The van der Waals surface area contributed by atoms with Crippen LogP contribution in [-0.4, -0.2) is 15.0 Å². The van der Waals surface area contributed by atoms with E-state index in [0.717, 1.165) is 38.1 Å². The molecule has 0 aliphatic heterocycles. The van der Waals surface area contributed by atoms with Crippen molar-refractivity contribution in [1.29, 1.82) is 0 Å². The normalized spacial score (nSPS) is 11.9. The molecule has 0 saturated heterocycles. The first-order valence-electron chi connectivity index (χ1n) is 9.28. The number of hydrogen-bond donors (Lipinski definition) is 2. The molecule has 4 heteroatoms. The number of aromatic nitrogens is 3. The molecule has 0 spiro atoms. The Hall–Kier alpha value is -3.11. The maximum Gasteiger partial charge on any atom is 0.140 e. The zero-order valence-electron chi connectivity index (χ0n) is 15.2. The van der Waals surface area contributed by atoms with Crippen molar-refractivity contribution in [1.82, 2.24) is 15.0 Å². The molecule has 28 heavy (non-hydrogen) atoms. The summed E-state index contributed by atoms with van der Waals surface area (Å²) in [6.45, 7) is 2.11. The molecule has 0 saturated carbocycles. The van der Waals surface area contributed by atoms with Crippen molar-refractivity contribution >= 4 is 59.4 Å². The monoisotopic (exact) mass is 425 g/mol. The molecule has 0 aliphatic carbocycles. The number of imidazole rings is 1. The van der Waals surface area contributed by atoms with Crippen molar-refractivity contribution in [2.75, 3.05) is 0 Å². The van der Waals surface area contributed by atoms with Gasteiger partial charge in [-0.2, -0.15) is 0 Å². The van der Waals surface area contributed by atoms with Crippen LogP contribution in [0.1, 0.15) is 5.69 Å². The number of hydrogen-bond acceptors (Lipinski definition) is 1. The second-order valence-corrected chi connectivity index (χ2v) is 8.13. The van der Waals surface area contributed by atoms with Gasteiger partial charge in [0.05, 0.1) is 11.0 Å². The van der Waals surface area contributed by atoms with Crippen LogP contribution in [0.25, 0.3) is 54.9 Å². The van der Waals surface area contributed by atoms with Gasteiger partial charge >= 0.3 is 0 Å². The first kappa shape index (κ1) is 15.9. The lowest BCUT2D eigenvalue weighted by atomic mass is 10.0. The van der Waals surface area contributed by atoms with E-state index in [0.29, 0.717) is 0 Å². The van der Waals surface area contributed by atoms with Crippen LogP contribution in [0.15, 0.2) is 71.2 Å². The van der Waals surface area contributed by atoms with Gasteiger partial charge < -0.3 is 9.97 Å². The van der Waals surface area contributed by atoms with Gasteiger partial charge in [0.2, 0.25) is 0 Å². The summed E-state index contributed by atoms with van der Waals surface area (Å²) in [6, 6.07) is 23.3. The molecule has 2 aromatic heterocycles. The number of rotatable bonds is 1. The van der Waals surface area contributed by atoms with Crippen molar-refractivity contribution in [2.24, 2.45) is 0 Å². The van der Waals surface area contributed by atoms with Gasteiger partial charge in [0, 0.05) is 37.4 Å². The fourth-order valence-electron chi connectivity index (χ4n) is 4.35. The standard InChI is InChI=1S/C24H16BrN3/c1-13-21(18-8-4-5-9-20(18)26-13)24-27-22-16-7-3-2-6-15(16)19-12-14(25)10-11-17(19)23(22)28-24/h2-12,26H,1H3,(H,27,28). The Bertz CT molecular complexity index is 1540. The van der Waals surface area contributed by atoms with E-state index >= 15 is 0 Å². The van der Waals surface area contributed by atoms with E-state index < -0.39 is 0 Å². The van der Waals surface area contributed by atoms with Gasteiger partial charge in [-0.1, -0.05) is 64.5 Å². The molecule has 6 rings (SSSR count). The molecule has 2 heterocycles. The van der Waals surface area contributed by atoms with Crippen LogP contribution < -0.4 is 0 Å². The fourth-order valence-corrected chi connectivity index (χ4v) is 4.71. The van der Waals surface area contributed by atoms with E-state index in [1.165, 1.54) is 26.9 Å². The molecular formula is C24H16BrN3. The molecular weight excluding hydrogens is 410 g/mol. The van der Waals surface area contributed by atoms with Crippen molar-refractivity contribution in [2.45, 2.75) is 6.92 Å². The molecule has 0 atom stereocenters. The highest BCUT2D eigenvalue weighted by atomic mass is 79.9. The fraction of sp³-hybridized carbons (Fsp3) is 0.0417. The number of halogens is 1. The van der Waals surface area contributed by atoms with Gasteiger partial charge in [0.25, 0.3) is 0 Å². The SMILES string of the molecule is Cc1[nH]c2ccccc2c1-c1nc2c3ccccc3c3cc(Br)ccc3c2[nH]1. The average Bonchev–Trinajstić information content (AvgIpc) is 3.28. The van der Waals surface area contributed by atoms with E-state index in [2.05, 4.69) is 99.6 Å². The lowest BCUT2D eigenvalue weighted by Gasteiger charge is -2.06. The lowest BCUT2D eigenvalue weighted by molar-refractivity contribution is 1.26. The topological polar surface area (TPSA) is 44.5 Å².